The number of aromatic carboxylic acids is 1. The van der Waals surface area contributed by atoms with Crippen molar-refractivity contribution < 1.29 is 14.7 Å². The van der Waals surface area contributed by atoms with Gasteiger partial charge in [-0.25, -0.2) is 4.79 Å². The summed E-state index contributed by atoms with van der Waals surface area (Å²) < 4.78 is 0. The highest BCUT2D eigenvalue weighted by Gasteiger charge is 2.04. The van der Waals surface area contributed by atoms with Crippen LogP contribution >= 0.6 is 0 Å². The van der Waals surface area contributed by atoms with Gasteiger partial charge in [-0.15, -0.1) is 0 Å². The molecule has 19 heavy (non-hydrogen) atoms. The molecule has 104 valence electrons. The van der Waals surface area contributed by atoms with Gasteiger partial charge in [-0.1, -0.05) is 26.0 Å². The van der Waals surface area contributed by atoms with Gasteiger partial charge in [-0.2, -0.15) is 0 Å². The van der Waals surface area contributed by atoms with E-state index in [9.17, 15) is 9.59 Å². The lowest BCUT2D eigenvalue weighted by molar-refractivity contribution is -0.121. The summed E-state index contributed by atoms with van der Waals surface area (Å²) in [5, 5.41) is 14.7. The van der Waals surface area contributed by atoms with Crippen LogP contribution in [0.5, 0.6) is 0 Å². The number of nitrogens with one attached hydrogen (secondary N) is 2. The van der Waals surface area contributed by atoms with E-state index in [1.165, 1.54) is 12.1 Å². The number of carbonyl (C=O) groups is 2. The number of rotatable bonds is 7. The standard InChI is InChI=1S/C14H20N2O3/c1-10(2)15-8-7-13(17)16-9-11-3-5-12(6-4-11)14(18)19/h3-6,10,15H,7-9H2,1-2H3,(H,16,17)(H,18,19). The van der Waals surface area contributed by atoms with Crippen molar-refractivity contribution in [3.8, 4) is 0 Å². The first-order valence-electron chi connectivity index (χ1n) is 6.31. The van der Waals surface area contributed by atoms with Crippen molar-refractivity contribution in [3.05, 3.63) is 35.4 Å². The molecule has 0 aliphatic carbocycles. The predicted molar refractivity (Wildman–Crippen MR) is 73.0 cm³/mol. The van der Waals surface area contributed by atoms with E-state index >= 15 is 0 Å². The first-order valence-corrected chi connectivity index (χ1v) is 6.31. The summed E-state index contributed by atoms with van der Waals surface area (Å²) in [6, 6.07) is 6.84. The SMILES string of the molecule is CC(C)NCCC(=O)NCc1ccc(C(=O)O)cc1. The fourth-order valence-corrected chi connectivity index (χ4v) is 1.53. The van der Waals surface area contributed by atoms with E-state index in [4.69, 9.17) is 5.11 Å². The van der Waals surface area contributed by atoms with Crippen LogP contribution in [0.25, 0.3) is 0 Å². The van der Waals surface area contributed by atoms with E-state index in [1.54, 1.807) is 12.1 Å². The van der Waals surface area contributed by atoms with Crippen LogP contribution in [0.2, 0.25) is 0 Å². The molecule has 0 radical (unpaired) electrons. The van der Waals surface area contributed by atoms with Crippen molar-refractivity contribution in [2.24, 2.45) is 0 Å². The minimum atomic E-state index is -0.949. The molecule has 0 bridgehead atoms. The number of amides is 1. The molecule has 0 aliphatic heterocycles. The molecule has 1 amide bonds. The molecule has 0 atom stereocenters. The summed E-state index contributed by atoms with van der Waals surface area (Å²) in [4.78, 5) is 22.2. The van der Waals surface area contributed by atoms with Crippen molar-refractivity contribution in [3.63, 3.8) is 0 Å². The van der Waals surface area contributed by atoms with Crippen LogP contribution in [0, 0.1) is 0 Å². The zero-order chi connectivity index (χ0) is 14.3. The normalized spacial score (nSPS) is 10.5. The maximum Gasteiger partial charge on any atom is 0.335 e. The van der Waals surface area contributed by atoms with E-state index < -0.39 is 5.97 Å². The van der Waals surface area contributed by atoms with Gasteiger partial charge in [0.05, 0.1) is 5.56 Å². The molecule has 1 rings (SSSR count). The second-order valence-corrected chi connectivity index (χ2v) is 4.64. The highest BCUT2D eigenvalue weighted by molar-refractivity contribution is 5.87. The lowest BCUT2D eigenvalue weighted by Gasteiger charge is -2.08. The zero-order valence-electron chi connectivity index (χ0n) is 11.3. The molecule has 0 unspecified atom stereocenters. The van der Waals surface area contributed by atoms with E-state index in [0.29, 0.717) is 25.6 Å². The maximum absolute atomic E-state index is 11.5. The quantitative estimate of drug-likeness (QED) is 0.695. The Bertz CT molecular complexity index is 427. The smallest absolute Gasteiger partial charge is 0.335 e. The Balaban J connectivity index is 2.32. The molecule has 0 saturated carbocycles. The molecule has 0 fully saturated rings. The first-order chi connectivity index (χ1) is 8.99. The second-order valence-electron chi connectivity index (χ2n) is 4.64. The van der Waals surface area contributed by atoms with E-state index in [-0.39, 0.29) is 11.5 Å². The molecule has 5 nitrogen and oxygen atoms in total. The van der Waals surface area contributed by atoms with E-state index in [0.717, 1.165) is 5.56 Å². The highest BCUT2D eigenvalue weighted by Crippen LogP contribution is 2.04. The average Bonchev–Trinajstić information content (AvgIpc) is 2.36. The number of hydrogen-bond acceptors (Lipinski definition) is 3. The number of carbonyl (C=O) groups excluding carboxylic acids is 1. The third kappa shape index (κ3) is 6.01. The van der Waals surface area contributed by atoms with E-state index in [1.807, 2.05) is 13.8 Å². The van der Waals surface area contributed by atoms with Gasteiger partial charge >= 0.3 is 5.97 Å². The van der Waals surface area contributed by atoms with Crippen LogP contribution in [0.15, 0.2) is 24.3 Å². The highest BCUT2D eigenvalue weighted by atomic mass is 16.4. The largest absolute Gasteiger partial charge is 0.478 e. The van der Waals surface area contributed by atoms with Gasteiger partial charge in [0.25, 0.3) is 0 Å². The minimum Gasteiger partial charge on any atom is -0.478 e. The molecule has 1 aromatic carbocycles. The molecular formula is C14H20N2O3. The zero-order valence-corrected chi connectivity index (χ0v) is 11.3. The number of hydrogen-bond donors (Lipinski definition) is 3. The predicted octanol–water partition coefficient (Wildman–Crippen LogP) is 1.39. The molecular weight excluding hydrogens is 244 g/mol. The van der Waals surface area contributed by atoms with Crippen molar-refractivity contribution in [2.45, 2.75) is 32.9 Å². The topological polar surface area (TPSA) is 78.4 Å². The Morgan fingerprint density at radius 2 is 1.84 bits per heavy atom. The fourth-order valence-electron chi connectivity index (χ4n) is 1.53. The Labute approximate surface area is 113 Å². The Morgan fingerprint density at radius 1 is 1.21 bits per heavy atom. The summed E-state index contributed by atoms with van der Waals surface area (Å²) in [5.41, 5.74) is 1.13. The van der Waals surface area contributed by atoms with Gasteiger partial charge in [0.1, 0.15) is 0 Å². The van der Waals surface area contributed by atoms with Gasteiger partial charge in [0.15, 0.2) is 0 Å². The van der Waals surface area contributed by atoms with Crippen LogP contribution in [0.1, 0.15) is 36.2 Å². The number of carboxylic acid groups (broad SMARTS) is 1. The van der Waals surface area contributed by atoms with Gasteiger partial charge < -0.3 is 15.7 Å². The van der Waals surface area contributed by atoms with Crippen molar-refractivity contribution in [2.75, 3.05) is 6.54 Å². The third-order valence-electron chi connectivity index (χ3n) is 2.60. The summed E-state index contributed by atoms with van der Waals surface area (Å²) in [5.74, 6) is -0.967. The van der Waals surface area contributed by atoms with Crippen LogP contribution in [0.3, 0.4) is 0 Å². The fraction of sp³-hybridized carbons (Fsp3) is 0.429. The van der Waals surface area contributed by atoms with Crippen molar-refractivity contribution >= 4 is 11.9 Å². The molecule has 0 aromatic heterocycles. The van der Waals surface area contributed by atoms with Crippen molar-refractivity contribution in [1.82, 2.24) is 10.6 Å². The van der Waals surface area contributed by atoms with Gasteiger partial charge in [0.2, 0.25) is 5.91 Å². The lowest BCUT2D eigenvalue weighted by atomic mass is 10.1. The Hall–Kier alpha value is -1.88. The minimum absolute atomic E-state index is 0.0181. The summed E-state index contributed by atoms with van der Waals surface area (Å²) in [7, 11) is 0. The number of benzene rings is 1. The summed E-state index contributed by atoms with van der Waals surface area (Å²) >= 11 is 0. The monoisotopic (exact) mass is 264 g/mol. The van der Waals surface area contributed by atoms with Crippen LogP contribution in [-0.4, -0.2) is 29.6 Å². The maximum atomic E-state index is 11.5. The van der Waals surface area contributed by atoms with Crippen LogP contribution in [-0.2, 0) is 11.3 Å². The first kappa shape index (κ1) is 15.2. The van der Waals surface area contributed by atoms with Gasteiger partial charge in [-0.05, 0) is 17.7 Å². The molecule has 5 heteroatoms. The lowest BCUT2D eigenvalue weighted by Crippen LogP contribution is -2.30. The molecule has 3 N–H and O–H groups in total. The Kier molecular flexibility index (Phi) is 6.02. The average molecular weight is 264 g/mol. The van der Waals surface area contributed by atoms with Gasteiger partial charge in [0, 0.05) is 25.6 Å². The molecule has 0 spiro atoms. The molecule has 0 aliphatic rings. The van der Waals surface area contributed by atoms with E-state index in [2.05, 4.69) is 10.6 Å². The molecule has 0 saturated heterocycles. The molecule has 1 aromatic rings. The van der Waals surface area contributed by atoms with Gasteiger partial charge in [-0.3, -0.25) is 4.79 Å². The van der Waals surface area contributed by atoms with Crippen LogP contribution in [0.4, 0.5) is 0 Å². The van der Waals surface area contributed by atoms with Crippen molar-refractivity contribution in [1.29, 1.82) is 0 Å². The summed E-state index contributed by atoms with van der Waals surface area (Å²) in [6.45, 7) is 5.13. The number of carboxylic acids is 1. The second kappa shape index (κ2) is 7.53. The third-order valence-corrected chi connectivity index (χ3v) is 2.60. The molecule has 0 heterocycles. The van der Waals surface area contributed by atoms with Crippen LogP contribution < -0.4 is 10.6 Å². The summed E-state index contributed by atoms with van der Waals surface area (Å²) in [6.07, 6.45) is 0.436. The Morgan fingerprint density at radius 3 is 2.37 bits per heavy atom.